The Labute approximate surface area is 131 Å². The lowest BCUT2D eigenvalue weighted by atomic mass is 9.75. The smallest absolute Gasteiger partial charge is 0.263 e. The van der Waals surface area contributed by atoms with E-state index in [2.05, 4.69) is 11.0 Å². The second-order valence-corrected chi connectivity index (χ2v) is 8.25. The predicted molar refractivity (Wildman–Crippen MR) is 86.9 cm³/mol. The number of hydrogen-bond donors (Lipinski definition) is 0. The van der Waals surface area contributed by atoms with Crippen LogP contribution in [-0.2, 0) is 12.8 Å². The van der Waals surface area contributed by atoms with Gasteiger partial charge in [-0.15, -0.1) is 11.3 Å². The average molecular weight is 303 g/mol. The third-order valence-corrected chi connectivity index (χ3v) is 7.01. The number of hydrogen-bond acceptors (Lipinski definition) is 2. The van der Waals surface area contributed by atoms with E-state index in [9.17, 15) is 4.79 Å². The summed E-state index contributed by atoms with van der Waals surface area (Å²) in [5.41, 5.74) is 1.46. The quantitative estimate of drug-likeness (QED) is 0.758. The molecule has 3 aliphatic rings. The fourth-order valence-electron chi connectivity index (χ4n) is 4.54. The van der Waals surface area contributed by atoms with Gasteiger partial charge in [-0.05, 0) is 62.0 Å². The van der Waals surface area contributed by atoms with Crippen LogP contribution in [0.2, 0.25) is 0 Å². The number of fused-ring (bicyclic) bond motifs is 2. The lowest BCUT2D eigenvalue weighted by Crippen LogP contribution is -2.44. The van der Waals surface area contributed by atoms with Crippen molar-refractivity contribution in [3.63, 3.8) is 0 Å². The van der Waals surface area contributed by atoms with Gasteiger partial charge < -0.3 is 4.90 Å². The normalized spacial score (nSPS) is 28.9. The second kappa shape index (κ2) is 5.75. The van der Waals surface area contributed by atoms with Gasteiger partial charge in [0.15, 0.2) is 0 Å². The SMILES string of the molecule is O=C(c1cc2c(s1)CCCC2)N1CC[C@@H]2CCCC[C@@H]2C1. The molecule has 1 aromatic heterocycles. The van der Waals surface area contributed by atoms with Gasteiger partial charge in [-0.2, -0.15) is 0 Å². The lowest BCUT2D eigenvalue weighted by Gasteiger charge is -2.41. The molecule has 0 N–H and O–H groups in total. The van der Waals surface area contributed by atoms with Crippen LogP contribution >= 0.6 is 11.3 Å². The van der Waals surface area contributed by atoms with Crippen LogP contribution in [0.1, 0.15) is 65.1 Å². The number of likely N-dealkylation sites (tertiary alicyclic amines) is 1. The zero-order valence-corrected chi connectivity index (χ0v) is 13.6. The van der Waals surface area contributed by atoms with E-state index in [0.717, 1.165) is 29.8 Å². The van der Waals surface area contributed by atoms with Crippen LogP contribution in [0.15, 0.2) is 6.07 Å². The molecular formula is C18H25NOS. The fraction of sp³-hybridized carbons (Fsp3) is 0.722. The number of carbonyl (C=O) groups excluding carboxylic acids is 1. The van der Waals surface area contributed by atoms with Gasteiger partial charge in [0.05, 0.1) is 4.88 Å². The Morgan fingerprint density at radius 2 is 1.86 bits per heavy atom. The maximum atomic E-state index is 12.8. The van der Waals surface area contributed by atoms with Crippen molar-refractivity contribution < 1.29 is 4.79 Å². The van der Waals surface area contributed by atoms with Crippen LogP contribution in [0.25, 0.3) is 0 Å². The summed E-state index contributed by atoms with van der Waals surface area (Å²) in [4.78, 5) is 17.5. The molecule has 21 heavy (non-hydrogen) atoms. The molecule has 0 spiro atoms. The van der Waals surface area contributed by atoms with Crippen LogP contribution in [-0.4, -0.2) is 23.9 Å². The molecule has 3 heteroatoms. The Balaban J connectivity index is 1.48. The molecule has 0 unspecified atom stereocenters. The third-order valence-electron chi connectivity index (χ3n) is 5.79. The van der Waals surface area contributed by atoms with Crippen molar-refractivity contribution in [2.75, 3.05) is 13.1 Å². The molecule has 4 rings (SSSR count). The zero-order chi connectivity index (χ0) is 14.2. The van der Waals surface area contributed by atoms with Crippen LogP contribution in [0.4, 0.5) is 0 Å². The van der Waals surface area contributed by atoms with Gasteiger partial charge in [-0.25, -0.2) is 0 Å². The van der Waals surface area contributed by atoms with Gasteiger partial charge in [-0.1, -0.05) is 19.3 Å². The molecule has 1 saturated heterocycles. The molecule has 1 aliphatic heterocycles. The summed E-state index contributed by atoms with van der Waals surface area (Å²) in [6.45, 7) is 2.01. The summed E-state index contributed by atoms with van der Waals surface area (Å²) in [5.74, 6) is 2.00. The van der Waals surface area contributed by atoms with Crippen molar-refractivity contribution in [1.82, 2.24) is 4.90 Å². The topological polar surface area (TPSA) is 20.3 Å². The highest BCUT2D eigenvalue weighted by atomic mass is 32.1. The highest BCUT2D eigenvalue weighted by molar-refractivity contribution is 7.14. The number of nitrogens with zero attached hydrogens (tertiary/aromatic N) is 1. The van der Waals surface area contributed by atoms with Gasteiger partial charge in [-0.3, -0.25) is 4.79 Å². The molecule has 2 nitrogen and oxygen atoms in total. The van der Waals surface area contributed by atoms with Crippen molar-refractivity contribution in [2.24, 2.45) is 11.8 Å². The van der Waals surface area contributed by atoms with Gasteiger partial charge >= 0.3 is 0 Å². The minimum absolute atomic E-state index is 0.318. The maximum absolute atomic E-state index is 12.8. The molecule has 2 atom stereocenters. The van der Waals surface area contributed by atoms with Crippen molar-refractivity contribution >= 4 is 17.2 Å². The number of aryl methyl sites for hydroxylation is 2. The number of amides is 1. The Hall–Kier alpha value is -0.830. The standard InChI is InChI=1S/C18H25NOS/c20-18(17-11-14-6-3-4-8-16(14)21-17)19-10-9-13-5-1-2-7-15(13)12-19/h11,13,15H,1-10,12H2/t13-,15+/m0/s1. The van der Waals surface area contributed by atoms with Gasteiger partial charge in [0.1, 0.15) is 0 Å². The Bertz CT molecular complexity index is 512. The zero-order valence-electron chi connectivity index (χ0n) is 12.8. The summed E-state index contributed by atoms with van der Waals surface area (Å²) in [6.07, 6.45) is 11.7. The highest BCUT2D eigenvalue weighted by Crippen LogP contribution is 2.37. The van der Waals surface area contributed by atoms with E-state index < -0.39 is 0 Å². The van der Waals surface area contributed by atoms with E-state index in [1.165, 1.54) is 68.2 Å². The number of rotatable bonds is 1. The predicted octanol–water partition coefficient (Wildman–Crippen LogP) is 4.28. The minimum Gasteiger partial charge on any atom is -0.338 e. The van der Waals surface area contributed by atoms with Crippen molar-refractivity contribution in [3.8, 4) is 0 Å². The average Bonchev–Trinajstić information content (AvgIpc) is 2.97. The van der Waals surface area contributed by atoms with Gasteiger partial charge in [0, 0.05) is 18.0 Å². The number of thiophene rings is 1. The van der Waals surface area contributed by atoms with E-state index in [0.29, 0.717) is 5.91 Å². The van der Waals surface area contributed by atoms with E-state index >= 15 is 0 Å². The molecule has 0 radical (unpaired) electrons. The van der Waals surface area contributed by atoms with E-state index in [1.54, 1.807) is 11.3 Å². The Morgan fingerprint density at radius 1 is 1.05 bits per heavy atom. The number of carbonyl (C=O) groups is 1. The Morgan fingerprint density at radius 3 is 2.71 bits per heavy atom. The van der Waals surface area contributed by atoms with Crippen molar-refractivity contribution in [2.45, 2.75) is 57.8 Å². The van der Waals surface area contributed by atoms with Crippen LogP contribution in [0, 0.1) is 11.8 Å². The summed E-state index contributed by atoms with van der Waals surface area (Å²) in [6, 6.07) is 2.20. The summed E-state index contributed by atoms with van der Waals surface area (Å²) in [7, 11) is 0. The molecule has 2 heterocycles. The summed E-state index contributed by atoms with van der Waals surface area (Å²) in [5, 5.41) is 0. The van der Waals surface area contributed by atoms with E-state index in [-0.39, 0.29) is 0 Å². The third kappa shape index (κ3) is 2.65. The van der Waals surface area contributed by atoms with Gasteiger partial charge in [0.25, 0.3) is 5.91 Å². The molecule has 1 saturated carbocycles. The first kappa shape index (κ1) is 13.8. The van der Waals surface area contributed by atoms with E-state index in [1.807, 2.05) is 0 Å². The van der Waals surface area contributed by atoms with Crippen LogP contribution in [0.3, 0.4) is 0 Å². The Kier molecular flexibility index (Phi) is 3.78. The maximum Gasteiger partial charge on any atom is 0.263 e. The molecule has 114 valence electrons. The van der Waals surface area contributed by atoms with Crippen molar-refractivity contribution in [3.05, 3.63) is 21.4 Å². The molecule has 2 fully saturated rings. The highest BCUT2D eigenvalue weighted by Gasteiger charge is 2.33. The molecule has 1 aromatic rings. The molecule has 1 amide bonds. The molecule has 0 aromatic carbocycles. The first-order valence-electron chi connectivity index (χ1n) is 8.72. The fourth-order valence-corrected chi connectivity index (χ4v) is 5.76. The minimum atomic E-state index is 0.318. The number of piperidine rings is 1. The first-order valence-corrected chi connectivity index (χ1v) is 9.54. The summed E-state index contributed by atoms with van der Waals surface area (Å²) < 4.78 is 0. The van der Waals surface area contributed by atoms with Crippen LogP contribution in [0.5, 0.6) is 0 Å². The monoisotopic (exact) mass is 303 g/mol. The van der Waals surface area contributed by atoms with Crippen molar-refractivity contribution in [1.29, 1.82) is 0 Å². The molecule has 0 bridgehead atoms. The summed E-state index contributed by atoms with van der Waals surface area (Å²) >= 11 is 1.78. The lowest BCUT2D eigenvalue weighted by molar-refractivity contribution is 0.0525. The van der Waals surface area contributed by atoms with Crippen LogP contribution < -0.4 is 0 Å². The van der Waals surface area contributed by atoms with Gasteiger partial charge in [0.2, 0.25) is 0 Å². The first-order chi connectivity index (χ1) is 10.3. The van der Waals surface area contributed by atoms with E-state index in [4.69, 9.17) is 0 Å². The molecular weight excluding hydrogens is 278 g/mol. The second-order valence-electron chi connectivity index (χ2n) is 7.11. The largest absolute Gasteiger partial charge is 0.338 e. The molecule has 2 aliphatic carbocycles.